The largest absolute Gasteiger partial charge is 0.436 e. The molecule has 4 amide bonds. The molecule has 0 radical (unpaired) electrons. The predicted octanol–water partition coefficient (Wildman–Crippen LogP) is 2.81. The Morgan fingerprint density at radius 3 is 2.37 bits per heavy atom. The molecule has 0 aliphatic carbocycles. The maximum absolute atomic E-state index is 13.9. The van der Waals surface area contributed by atoms with Crippen molar-refractivity contribution in [2.75, 3.05) is 77.0 Å². The average Bonchev–Trinajstić information content (AvgIpc) is 3.24. The Labute approximate surface area is 271 Å². The number of benzene rings is 1. The van der Waals surface area contributed by atoms with Crippen LogP contribution in [-0.4, -0.2) is 132 Å². The number of carbonyl (C=O) groups excluding carboxylic acids is 3. The highest BCUT2D eigenvalue weighted by molar-refractivity contribution is 5.91. The molecule has 46 heavy (non-hydrogen) atoms. The van der Waals surface area contributed by atoms with Gasteiger partial charge >= 0.3 is 12.1 Å². The second-order valence-corrected chi connectivity index (χ2v) is 13.3. The SMILES string of the molecule is Cc1cc(CC(OC(=O)N2CCC(N3CCc4ccccc4NC3=O)CC2)C(=O)N2CCN(C3CCN(C)CC3)CC2)cnc1N. The Balaban J connectivity index is 1.07. The highest BCUT2D eigenvalue weighted by Crippen LogP contribution is 2.25. The van der Waals surface area contributed by atoms with Gasteiger partial charge in [-0.05, 0) is 81.9 Å². The summed E-state index contributed by atoms with van der Waals surface area (Å²) in [4.78, 5) is 55.1. The minimum Gasteiger partial charge on any atom is -0.436 e. The second-order valence-electron chi connectivity index (χ2n) is 13.3. The van der Waals surface area contributed by atoms with Crippen LogP contribution >= 0.6 is 0 Å². The number of para-hydroxylation sites is 1. The van der Waals surface area contributed by atoms with Gasteiger partial charge in [0, 0.05) is 76.2 Å². The van der Waals surface area contributed by atoms with Crippen molar-refractivity contribution in [3.8, 4) is 0 Å². The molecular weight excluding hydrogens is 584 g/mol. The van der Waals surface area contributed by atoms with Gasteiger partial charge in [-0.3, -0.25) is 9.69 Å². The lowest BCUT2D eigenvalue weighted by atomic mass is 10.0. The van der Waals surface area contributed by atoms with E-state index in [1.54, 1.807) is 11.1 Å². The molecule has 4 aliphatic rings. The third-order valence-electron chi connectivity index (χ3n) is 10.3. The lowest BCUT2D eigenvalue weighted by molar-refractivity contribution is -0.143. The normalized spacial score (nSPS) is 21.3. The van der Waals surface area contributed by atoms with Crippen LogP contribution in [0.2, 0.25) is 0 Å². The molecule has 6 rings (SSSR count). The maximum Gasteiger partial charge on any atom is 0.410 e. The first kappa shape index (κ1) is 32.1. The van der Waals surface area contributed by atoms with E-state index < -0.39 is 12.2 Å². The van der Waals surface area contributed by atoms with E-state index in [1.807, 2.05) is 47.1 Å². The summed E-state index contributed by atoms with van der Waals surface area (Å²) in [5.41, 5.74) is 9.56. The van der Waals surface area contributed by atoms with Crippen LogP contribution in [0.4, 0.5) is 21.1 Å². The van der Waals surface area contributed by atoms with Gasteiger partial charge in [0.1, 0.15) is 5.82 Å². The van der Waals surface area contributed by atoms with Crippen molar-refractivity contribution in [2.45, 2.75) is 63.6 Å². The van der Waals surface area contributed by atoms with Gasteiger partial charge in [0.25, 0.3) is 5.91 Å². The summed E-state index contributed by atoms with van der Waals surface area (Å²) in [6.07, 6.45) is 4.83. The first-order valence-corrected chi connectivity index (χ1v) is 16.8. The zero-order valence-corrected chi connectivity index (χ0v) is 27.2. The zero-order chi connectivity index (χ0) is 32.2. The molecule has 1 aromatic carbocycles. The number of pyridine rings is 1. The van der Waals surface area contributed by atoms with E-state index in [-0.39, 0.29) is 24.4 Å². The number of nitrogen functional groups attached to an aromatic ring is 1. The maximum atomic E-state index is 13.9. The summed E-state index contributed by atoms with van der Waals surface area (Å²) < 4.78 is 6.02. The number of likely N-dealkylation sites (tertiary alicyclic amines) is 2. The molecule has 2 aromatic rings. The van der Waals surface area contributed by atoms with E-state index in [4.69, 9.17) is 10.5 Å². The molecule has 5 heterocycles. The minimum absolute atomic E-state index is 0.0282. The Bertz CT molecular complexity index is 1400. The number of piperazine rings is 1. The molecule has 0 spiro atoms. The van der Waals surface area contributed by atoms with Gasteiger partial charge in [0.05, 0.1) is 0 Å². The van der Waals surface area contributed by atoms with Crippen molar-refractivity contribution in [1.29, 1.82) is 0 Å². The number of carbonyl (C=O) groups is 3. The van der Waals surface area contributed by atoms with Crippen LogP contribution in [-0.2, 0) is 22.4 Å². The fourth-order valence-corrected chi connectivity index (χ4v) is 7.31. The number of urea groups is 1. The average molecular weight is 633 g/mol. The number of aryl methyl sites for hydroxylation is 1. The third-order valence-corrected chi connectivity index (χ3v) is 10.3. The summed E-state index contributed by atoms with van der Waals surface area (Å²) in [7, 11) is 2.17. The Morgan fingerprint density at radius 2 is 1.65 bits per heavy atom. The molecule has 0 saturated carbocycles. The van der Waals surface area contributed by atoms with Crippen molar-refractivity contribution in [1.82, 2.24) is 29.5 Å². The summed E-state index contributed by atoms with van der Waals surface area (Å²) in [6.45, 7) is 8.52. The molecule has 4 aliphatic heterocycles. The number of nitrogens with one attached hydrogen (secondary N) is 1. The smallest absolute Gasteiger partial charge is 0.410 e. The molecule has 0 bridgehead atoms. The number of aromatic nitrogens is 1. The van der Waals surface area contributed by atoms with E-state index in [2.05, 4.69) is 27.1 Å². The standard InChI is InChI=1S/C34H48N8O4/c1-24-21-25(23-36-31(24)35)22-30(32(43)40-19-17-39(18-20-40)27-8-12-38(2)13-9-27)46-34(45)41-14-10-28(11-15-41)42-16-7-26-5-3-4-6-29(26)37-33(42)44/h3-6,21,23,27-28,30H,7-20,22H2,1-2H3,(H2,35,36)(H,37,44). The van der Waals surface area contributed by atoms with E-state index in [1.165, 1.54) is 0 Å². The minimum atomic E-state index is -0.959. The molecule has 1 aromatic heterocycles. The van der Waals surface area contributed by atoms with E-state index in [0.717, 1.165) is 67.8 Å². The summed E-state index contributed by atoms with van der Waals surface area (Å²) >= 11 is 0. The summed E-state index contributed by atoms with van der Waals surface area (Å²) in [5.74, 6) is 0.278. The molecule has 3 N–H and O–H groups in total. The highest BCUT2D eigenvalue weighted by Gasteiger charge is 2.36. The van der Waals surface area contributed by atoms with E-state index >= 15 is 0 Å². The van der Waals surface area contributed by atoms with E-state index in [0.29, 0.717) is 57.4 Å². The topological polar surface area (TPSA) is 128 Å². The summed E-state index contributed by atoms with van der Waals surface area (Å²) in [5, 5.41) is 3.05. The highest BCUT2D eigenvalue weighted by atomic mass is 16.6. The van der Waals surface area contributed by atoms with Crippen LogP contribution in [0.1, 0.15) is 42.4 Å². The Kier molecular flexibility index (Phi) is 9.93. The predicted molar refractivity (Wildman–Crippen MR) is 176 cm³/mol. The van der Waals surface area contributed by atoms with Gasteiger partial charge in [0.2, 0.25) is 0 Å². The number of nitrogens with zero attached hydrogens (tertiary/aromatic N) is 6. The number of piperidine rings is 2. The summed E-state index contributed by atoms with van der Waals surface area (Å²) in [6, 6.07) is 10.3. The van der Waals surface area contributed by atoms with Crippen molar-refractivity contribution in [3.05, 3.63) is 53.2 Å². The van der Waals surface area contributed by atoms with Crippen LogP contribution in [0.5, 0.6) is 0 Å². The number of nitrogens with two attached hydrogens (primary N) is 1. The fraction of sp³-hybridized carbons (Fsp3) is 0.588. The third kappa shape index (κ3) is 7.39. The van der Waals surface area contributed by atoms with Gasteiger partial charge in [-0.2, -0.15) is 0 Å². The Hall–Kier alpha value is -3.90. The van der Waals surface area contributed by atoms with Crippen LogP contribution in [0.15, 0.2) is 36.5 Å². The Morgan fingerprint density at radius 1 is 0.957 bits per heavy atom. The molecular formula is C34H48N8O4. The number of fused-ring (bicyclic) bond motifs is 1. The quantitative estimate of drug-likeness (QED) is 0.498. The molecule has 248 valence electrons. The van der Waals surface area contributed by atoms with Crippen LogP contribution in [0, 0.1) is 6.92 Å². The van der Waals surface area contributed by atoms with Gasteiger partial charge in [-0.25, -0.2) is 14.6 Å². The molecule has 1 atom stereocenters. The number of amides is 4. The van der Waals surface area contributed by atoms with Gasteiger partial charge in [-0.15, -0.1) is 0 Å². The van der Waals surface area contributed by atoms with Crippen LogP contribution in [0.3, 0.4) is 0 Å². The number of rotatable bonds is 6. The molecule has 3 fully saturated rings. The van der Waals surface area contributed by atoms with Crippen molar-refractivity contribution in [3.63, 3.8) is 0 Å². The van der Waals surface area contributed by atoms with Crippen LogP contribution in [0.25, 0.3) is 0 Å². The number of hydrogen-bond acceptors (Lipinski definition) is 8. The zero-order valence-electron chi connectivity index (χ0n) is 27.2. The van der Waals surface area contributed by atoms with Gasteiger partial charge in [-0.1, -0.05) is 24.3 Å². The monoisotopic (exact) mass is 632 g/mol. The number of hydrogen-bond donors (Lipinski definition) is 2. The van der Waals surface area contributed by atoms with Gasteiger partial charge in [0.15, 0.2) is 6.10 Å². The molecule has 12 heteroatoms. The lowest BCUT2D eigenvalue weighted by Gasteiger charge is -2.42. The number of ether oxygens (including phenoxy) is 1. The number of anilines is 2. The first-order chi connectivity index (χ1) is 22.2. The lowest BCUT2D eigenvalue weighted by Crippen LogP contribution is -2.56. The second kappa shape index (κ2) is 14.3. The van der Waals surface area contributed by atoms with E-state index in [9.17, 15) is 14.4 Å². The molecule has 12 nitrogen and oxygen atoms in total. The first-order valence-electron chi connectivity index (χ1n) is 16.8. The molecule has 3 saturated heterocycles. The fourth-order valence-electron chi connectivity index (χ4n) is 7.31. The van der Waals surface area contributed by atoms with Crippen molar-refractivity contribution in [2.24, 2.45) is 0 Å². The van der Waals surface area contributed by atoms with Gasteiger partial charge < -0.3 is 35.4 Å². The van der Waals surface area contributed by atoms with Crippen molar-refractivity contribution >= 4 is 29.5 Å². The van der Waals surface area contributed by atoms with Crippen molar-refractivity contribution < 1.29 is 19.1 Å². The van der Waals surface area contributed by atoms with Crippen LogP contribution < -0.4 is 11.1 Å². The molecule has 1 unspecified atom stereocenters.